The van der Waals surface area contributed by atoms with Gasteiger partial charge in [0.05, 0.1) is 12.2 Å². The molecule has 7 nitrogen and oxygen atoms in total. The van der Waals surface area contributed by atoms with Gasteiger partial charge in [0.15, 0.2) is 0 Å². The first-order valence-corrected chi connectivity index (χ1v) is 8.00. The van der Waals surface area contributed by atoms with E-state index in [1.165, 1.54) is 5.57 Å². The lowest BCUT2D eigenvalue weighted by molar-refractivity contribution is 0.0954. The van der Waals surface area contributed by atoms with Crippen LogP contribution in [0.4, 0.5) is 0 Å². The van der Waals surface area contributed by atoms with Gasteiger partial charge in [-0.3, -0.25) is 9.69 Å². The van der Waals surface area contributed by atoms with Gasteiger partial charge in [-0.05, 0) is 26.3 Å². The number of rotatable bonds is 5. The fourth-order valence-corrected chi connectivity index (χ4v) is 2.76. The van der Waals surface area contributed by atoms with E-state index in [9.17, 15) is 4.79 Å². The van der Waals surface area contributed by atoms with Crippen LogP contribution in [0.15, 0.2) is 34.6 Å². The molecular formula is C17H21N5O2. The maximum absolute atomic E-state index is 12.2. The molecule has 0 aliphatic carbocycles. The molecule has 0 unspecified atom stereocenters. The first-order valence-electron chi connectivity index (χ1n) is 8.00. The minimum atomic E-state index is -0.132. The molecule has 0 spiro atoms. The molecule has 0 fully saturated rings. The number of carbonyl (C=O) groups is 1. The molecule has 1 aliphatic rings. The van der Waals surface area contributed by atoms with Crippen molar-refractivity contribution in [3.05, 3.63) is 53.0 Å². The Morgan fingerprint density at radius 2 is 2.12 bits per heavy atom. The Morgan fingerprint density at radius 1 is 1.33 bits per heavy atom. The minimum Gasteiger partial charge on any atom is -0.361 e. The van der Waals surface area contributed by atoms with Crippen LogP contribution in [0.2, 0.25) is 0 Å². The molecule has 0 atom stereocenters. The van der Waals surface area contributed by atoms with Crippen molar-refractivity contribution >= 4 is 5.91 Å². The van der Waals surface area contributed by atoms with Crippen molar-refractivity contribution in [3.8, 4) is 0 Å². The lowest BCUT2D eigenvalue weighted by Gasteiger charge is -2.25. The highest BCUT2D eigenvalue weighted by molar-refractivity contribution is 5.96. The van der Waals surface area contributed by atoms with Crippen LogP contribution >= 0.6 is 0 Å². The molecule has 0 bridgehead atoms. The van der Waals surface area contributed by atoms with Gasteiger partial charge < -0.3 is 9.84 Å². The summed E-state index contributed by atoms with van der Waals surface area (Å²) < 4.78 is 5.03. The molecule has 2 aromatic heterocycles. The van der Waals surface area contributed by atoms with Crippen molar-refractivity contribution in [2.45, 2.75) is 26.8 Å². The molecule has 7 heteroatoms. The Morgan fingerprint density at radius 3 is 2.75 bits per heavy atom. The quantitative estimate of drug-likeness (QED) is 0.841. The third kappa shape index (κ3) is 3.86. The first kappa shape index (κ1) is 16.3. The predicted molar refractivity (Wildman–Crippen MR) is 88.3 cm³/mol. The Kier molecular flexibility index (Phi) is 5.00. The average molecular weight is 327 g/mol. The number of hydrogen-bond acceptors (Lipinski definition) is 6. The molecule has 3 heterocycles. The summed E-state index contributed by atoms with van der Waals surface area (Å²) in [6, 6.07) is 1.82. The molecule has 126 valence electrons. The normalized spacial score (nSPS) is 15.2. The molecular weight excluding hydrogens is 306 g/mol. The van der Waals surface area contributed by atoms with Crippen LogP contribution in [0.1, 0.15) is 34.1 Å². The highest BCUT2D eigenvalue weighted by Gasteiger charge is 2.18. The van der Waals surface area contributed by atoms with Crippen LogP contribution in [0, 0.1) is 13.8 Å². The topological polar surface area (TPSA) is 84.2 Å². The second-order valence-corrected chi connectivity index (χ2v) is 5.89. The van der Waals surface area contributed by atoms with Crippen molar-refractivity contribution in [2.75, 3.05) is 19.6 Å². The molecule has 24 heavy (non-hydrogen) atoms. The van der Waals surface area contributed by atoms with E-state index in [-0.39, 0.29) is 5.91 Å². The molecule has 1 N–H and O–H groups in total. The molecule has 3 rings (SSSR count). The van der Waals surface area contributed by atoms with E-state index in [2.05, 4.69) is 31.4 Å². The van der Waals surface area contributed by atoms with Gasteiger partial charge in [-0.2, -0.15) is 0 Å². The zero-order valence-electron chi connectivity index (χ0n) is 14.0. The monoisotopic (exact) mass is 327 g/mol. The smallest absolute Gasteiger partial charge is 0.257 e. The highest BCUT2D eigenvalue weighted by atomic mass is 16.5. The Bertz CT molecular complexity index is 719. The van der Waals surface area contributed by atoms with Crippen LogP contribution in [0.25, 0.3) is 0 Å². The largest absolute Gasteiger partial charge is 0.361 e. The average Bonchev–Trinajstić information content (AvgIpc) is 2.94. The SMILES string of the molecule is Cc1noc(C)c1C(=O)NCC1=CCN(Cc2ncccn2)CC1. The number of aryl methyl sites for hydroxylation is 2. The van der Waals surface area contributed by atoms with Gasteiger partial charge in [-0.25, -0.2) is 9.97 Å². The minimum absolute atomic E-state index is 0.132. The third-order valence-electron chi connectivity index (χ3n) is 4.11. The van der Waals surface area contributed by atoms with Crippen LogP contribution in [0.5, 0.6) is 0 Å². The van der Waals surface area contributed by atoms with E-state index in [1.54, 1.807) is 26.2 Å². The maximum Gasteiger partial charge on any atom is 0.257 e. The summed E-state index contributed by atoms with van der Waals surface area (Å²) in [5.74, 6) is 1.25. The molecule has 1 aliphatic heterocycles. The second-order valence-electron chi connectivity index (χ2n) is 5.89. The van der Waals surface area contributed by atoms with Gasteiger partial charge in [0, 0.05) is 32.0 Å². The fourth-order valence-electron chi connectivity index (χ4n) is 2.76. The molecule has 0 saturated carbocycles. The Balaban J connectivity index is 1.50. The number of nitrogens with one attached hydrogen (secondary N) is 1. The second kappa shape index (κ2) is 7.35. The Hall–Kier alpha value is -2.54. The fraction of sp³-hybridized carbons (Fsp3) is 0.412. The van der Waals surface area contributed by atoms with Gasteiger partial charge >= 0.3 is 0 Å². The summed E-state index contributed by atoms with van der Waals surface area (Å²) in [5, 5.41) is 6.76. The van der Waals surface area contributed by atoms with E-state index in [0.717, 1.165) is 31.9 Å². The number of amides is 1. The number of carbonyl (C=O) groups excluding carboxylic acids is 1. The van der Waals surface area contributed by atoms with Gasteiger partial charge in [0.25, 0.3) is 5.91 Å². The molecule has 2 aromatic rings. The van der Waals surface area contributed by atoms with E-state index >= 15 is 0 Å². The number of aromatic nitrogens is 3. The molecule has 1 amide bonds. The van der Waals surface area contributed by atoms with Crippen LogP contribution < -0.4 is 5.32 Å². The van der Waals surface area contributed by atoms with E-state index in [0.29, 0.717) is 23.6 Å². The summed E-state index contributed by atoms with van der Waals surface area (Å²) in [5.41, 5.74) is 2.39. The van der Waals surface area contributed by atoms with Gasteiger partial charge in [0.2, 0.25) is 0 Å². The lowest BCUT2D eigenvalue weighted by atomic mass is 10.1. The highest BCUT2D eigenvalue weighted by Crippen LogP contribution is 2.14. The van der Waals surface area contributed by atoms with Gasteiger partial charge in [-0.15, -0.1) is 0 Å². The zero-order valence-corrected chi connectivity index (χ0v) is 14.0. The van der Waals surface area contributed by atoms with Crippen LogP contribution in [-0.4, -0.2) is 45.6 Å². The third-order valence-corrected chi connectivity index (χ3v) is 4.11. The van der Waals surface area contributed by atoms with Crippen LogP contribution in [-0.2, 0) is 6.54 Å². The zero-order chi connectivity index (χ0) is 16.9. The van der Waals surface area contributed by atoms with E-state index in [4.69, 9.17) is 4.52 Å². The Labute approximate surface area is 140 Å². The van der Waals surface area contributed by atoms with Crippen molar-refractivity contribution in [1.29, 1.82) is 0 Å². The number of nitrogens with zero attached hydrogens (tertiary/aromatic N) is 4. The summed E-state index contributed by atoms with van der Waals surface area (Å²) in [4.78, 5) is 23.0. The van der Waals surface area contributed by atoms with Gasteiger partial charge in [-0.1, -0.05) is 16.8 Å². The summed E-state index contributed by atoms with van der Waals surface area (Å²) in [6.45, 7) is 6.60. The predicted octanol–water partition coefficient (Wildman–Crippen LogP) is 1.64. The lowest BCUT2D eigenvalue weighted by Crippen LogP contribution is -2.33. The van der Waals surface area contributed by atoms with Gasteiger partial charge in [0.1, 0.15) is 17.1 Å². The van der Waals surface area contributed by atoms with Crippen molar-refractivity contribution in [1.82, 2.24) is 25.3 Å². The first-order chi connectivity index (χ1) is 11.6. The van der Waals surface area contributed by atoms with E-state index in [1.807, 2.05) is 6.07 Å². The van der Waals surface area contributed by atoms with Crippen molar-refractivity contribution in [2.24, 2.45) is 0 Å². The molecule has 0 aromatic carbocycles. The maximum atomic E-state index is 12.2. The molecule has 0 radical (unpaired) electrons. The van der Waals surface area contributed by atoms with E-state index < -0.39 is 0 Å². The molecule has 0 saturated heterocycles. The van der Waals surface area contributed by atoms with Crippen molar-refractivity contribution < 1.29 is 9.32 Å². The van der Waals surface area contributed by atoms with Crippen molar-refractivity contribution in [3.63, 3.8) is 0 Å². The standard InChI is InChI=1S/C17H21N5O2/c1-12-16(13(2)24-21-12)17(23)20-10-14-4-8-22(9-5-14)11-15-18-6-3-7-19-15/h3-4,6-7H,5,8-11H2,1-2H3,(H,20,23). The van der Waals surface area contributed by atoms with Crippen LogP contribution in [0.3, 0.4) is 0 Å². The summed E-state index contributed by atoms with van der Waals surface area (Å²) in [7, 11) is 0. The summed E-state index contributed by atoms with van der Waals surface area (Å²) in [6.07, 6.45) is 6.62. The number of hydrogen-bond donors (Lipinski definition) is 1. The summed E-state index contributed by atoms with van der Waals surface area (Å²) >= 11 is 0.